The second kappa shape index (κ2) is 8.68. The molecule has 1 atom stereocenters. The van der Waals surface area contributed by atoms with E-state index in [1.165, 1.54) is 25.1 Å². The van der Waals surface area contributed by atoms with Gasteiger partial charge in [0.1, 0.15) is 11.5 Å². The highest BCUT2D eigenvalue weighted by Gasteiger charge is 2.33. The molecule has 33 heavy (non-hydrogen) atoms. The van der Waals surface area contributed by atoms with Gasteiger partial charge in [-0.3, -0.25) is 19.7 Å². The number of aromatic nitrogens is 2. The Morgan fingerprint density at radius 1 is 1.21 bits per heavy atom. The van der Waals surface area contributed by atoms with Crippen LogP contribution in [-0.4, -0.2) is 20.6 Å². The van der Waals surface area contributed by atoms with Crippen LogP contribution in [0.5, 0.6) is 0 Å². The van der Waals surface area contributed by atoms with E-state index in [1.54, 1.807) is 0 Å². The Bertz CT molecular complexity index is 1310. The van der Waals surface area contributed by atoms with Crippen LogP contribution in [0.4, 0.5) is 28.9 Å². The third-order valence-corrected chi connectivity index (χ3v) is 4.58. The van der Waals surface area contributed by atoms with Crippen LogP contribution in [0.15, 0.2) is 53.3 Å². The fraction of sp³-hybridized carbons (Fsp3) is 0.150. The lowest BCUT2D eigenvalue weighted by Crippen LogP contribution is -2.32. The molecule has 13 heteroatoms. The van der Waals surface area contributed by atoms with E-state index in [1.807, 2.05) is 0 Å². The largest absolute Gasteiger partial charge is 0.416 e. The summed E-state index contributed by atoms with van der Waals surface area (Å²) < 4.78 is 54.1. The molecule has 0 fully saturated rings. The van der Waals surface area contributed by atoms with Crippen molar-refractivity contribution in [3.63, 3.8) is 0 Å². The topological polar surface area (TPSA) is 133 Å². The fourth-order valence-electron chi connectivity index (χ4n) is 2.94. The number of amides is 1. The zero-order valence-corrected chi connectivity index (χ0v) is 16.8. The number of alkyl halides is 3. The van der Waals surface area contributed by atoms with Crippen LogP contribution in [-0.2, 0) is 6.18 Å². The van der Waals surface area contributed by atoms with Gasteiger partial charge in [-0.2, -0.15) is 23.0 Å². The Kier molecular flexibility index (Phi) is 6.15. The quantitative estimate of drug-likeness (QED) is 0.337. The summed E-state index contributed by atoms with van der Waals surface area (Å²) in [5.74, 6) is -1.79. The summed E-state index contributed by atoms with van der Waals surface area (Å²) in [6.45, 7) is 1.29. The summed E-state index contributed by atoms with van der Waals surface area (Å²) in [5.41, 5.74) is 1.49. The molecule has 2 aromatic carbocycles. The van der Waals surface area contributed by atoms with Crippen LogP contribution in [0.25, 0.3) is 5.69 Å². The molecule has 0 aliphatic rings. The van der Waals surface area contributed by atoms with Gasteiger partial charge in [0.15, 0.2) is 5.69 Å². The number of nitro benzene ring substituents is 1. The first-order chi connectivity index (χ1) is 15.4. The van der Waals surface area contributed by atoms with Crippen LogP contribution in [0.2, 0.25) is 0 Å². The minimum Gasteiger partial charge on any atom is -0.397 e. The van der Waals surface area contributed by atoms with Gasteiger partial charge in [-0.25, -0.2) is 4.39 Å². The standard InChI is InChI=1S/C20H15F4N5O4/c1-10(11-6-12(20(22,23)24)8-13(7-11)29(32)33)26-19(31)18-15(25)9-17(30)28(27-18)16-5-3-2-4-14(16)21/h2-10H,25H2,1H3,(H,26,31)/t10-/m1/s1. The summed E-state index contributed by atoms with van der Waals surface area (Å²) in [7, 11) is 0. The molecule has 3 aromatic rings. The van der Waals surface area contributed by atoms with Gasteiger partial charge in [-0.1, -0.05) is 12.1 Å². The SMILES string of the molecule is C[C@@H](NC(=O)c1nn(-c2ccccc2F)c(=O)cc1N)c1cc([N+](=O)[O-])cc(C(F)(F)F)c1. The highest BCUT2D eigenvalue weighted by atomic mass is 19.4. The minimum atomic E-state index is -4.86. The highest BCUT2D eigenvalue weighted by Crippen LogP contribution is 2.34. The maximum absolute atomic E-state index is 14.1. The van der Waals surface area contributed by atoms with Gasteiger partial charge in [-0.05, 0) is 30.7 Å². The molecule has 0 aliphatic carbocycles. The first-order valence-corrected chi connectivity index (χ1v) is 9.20. The van der Waals surface area contributed by atoms with Crippen LogP contribution in [0.1, 0.15) is 34.6 Å². The van der Waals surface area contributed by atoms with Gasteiger partial charge in [0.2, 0.25) is 0 Å². The van der Waals surface area contributed by atoms with E-state index in [-0.39, 0.29) is 16.9 Å². The van der Waals surface area contributed by atoms with Gasteiger partial charge in [0.05, 0.1) is 22.2 Å². The maximum Gasteiger partial charge on any atom is 0.416 e. The first-order valence-electron chi connectivity index (χ1n) is 9.20. The van der Waals surface area contributed by atoms with Crippen molar-refractivity contribution in [2.24, 2.45) is 0 Å². The number of nitro groups is 1. The van der Waals surface area contributed by atoms with E-state index in [0.29, 0.717) is 16.8 Å². The number of benzene rings is 2. The summed E-state index contributed by atoms with van der Waals surface area (Å²) in [6.07, 6.45) is -4.86. The van der Waals surface area contributed by atoms with Gasteiger partial charge < -0.3 is 11.1 Å². The van der Waals surface area contributed by atoms with E-state index in [0.717, 1.165) is 18.2 Å². The predicted molar refractivity (Wildman–Crippen MR) is 108 cm³/mol. The minimum absolute atomic E-state index is 0.203. The van der Waals surface area contributed by atoms with E-state index in [4.69, 9.17) is 5.73 Å². The van der Waals surface area contributed by atoms with Crippen molar-refractivity contribution in [2.75, 3.05) is 5.73 Å². The molecule has 1 aromatic heterocycles. The van der Waals surface area contributed by atoms with Crippen LogP contribution >= 0.6 is 0 Å². The molecule has 0 spiro atoms. The number of nitrogens with two attached hydrogens (primary N) is 1. The highest BCUT2D eigenvalue weighted by molar-refractivity contribution is 5.97. The molecule has 1 amide bonds. The molecule has 0 bridgehead atoms. The lowest BCUT2D eigenvalue weighted by atomic mass is 10.0. The predicted octanol–water partition coefficient (Wildman–Crippen LogP) is 3.37. The molecule has 0 saturated heterocycles. The summed E-state index contributed by atoms with van der Waals surface area (Å²) in [6, 6.07) is 6.75. The van der Waals surface area contributed by atoms with E-state index in [9.17, 15) is 37.3 Å². The lowest BCUT2D eigenvalue weighted by molar-refractivity contribution is -0.385. The third-order valence-electron chi connectivity index (χ3n) is 4.58. The first kappa shape index (κ1) is 23.4. The average Bonchev–Trinajstić information content (AvgIpc) is 2.73. The molecule has 3 rings (SSSR count). The number of anilines is 1. The molecular weight excluding hydrogens is 450 g/mol. The van der Waals surface area contributed by atoms with Crippen LogP contribution in [0.3, 0.4) is 0 Å². The van der Waals surface area contributed by atoms with E-state index < -0.39 is 51.4 Å². The average molecular weight is 465 g/mol. The van der Waals surface area contributed by atoms with Gasteiger partial charge in [0.25, 0.3) is 17.2 Å². The van der Waals surface area contributed by atoms with Crippen molar-refractivity contribution in [1.29, 1.82) is 0 Å². The molecule has 9 nitrogen and oxygen atoms in total. The number of hydrogen-bond donors (Lipinski definition) is 2. The number of non-ortho nitro benzene ring substituents is 1. The smallest absolute Gasteiger partial charge is 0.397 e. The van der Waals surface area contributed by atoms with Crippen molar-refractivity contribution in [3.05, 3.63) is 91.6 Å². The molecule has 3 N–H and O–H groups in total. The second-order valence-corrected chi connectivity index (χ2v) is 6.91. The molecule has 0 saturated carbocycles. The van der Waals surface area contributed by atoms with Crippen LogP contribution in [0, 0.1) is 15.9 Å². The number of hydrogen-bond acceptors (Lipinski definition) is 6. The number of carbonyl (C=O) groups excluding carboxylic acids is 1. The van der Waals surface area contributed by atoms with Crippen molar-refractivity contribution in [1.82, 2.24) is 15.1 Å². The molecule has 1 heterocycles. The van der Waals surface area contributed by atoms with Crippen LogP contribution < -0.4 is 16.6 Å². The van der Waals surface area contributed by atoms with Gasteiger partial charge in [-0.15, -0.1) is 0 Å². The van der Waals surface area contributed by atoms with Crippen molar-refractivity contribution in [3.8, 4) is 5.69 Å². The number of carbonyl (C=O) groups is 1. The maximum atomic E-state index is 14.1. The van der Waals surface area contributed by atoms with Crippen molar-refractivity contribution in [2.45, 2.75) is 19.1 Å². The summed E-state index contributed by atoms with van der Waals surface area (Å²) in [5, 5.41) is 17.2. The number of nitrogen functional groups attached to an aromatic ring is 1. The Morgan fingerprint density at radius 3 is 2.48 bits per heavy atom. The van der Waals surface area contributed by atoms with Crippen molar-refractivity contribution < 1.29 is 27.3 Å². The molecule has 0 radical (unpaired) electrons. The fourth-order valence-corrected chi connectivity index (χ4v) is 2.94. The van der Waals surface area contributed by atoms with Gasteiger partial charge >= 0.3 is 6.18 Å². The third kappa shape index (κ3) is 4.97. The second-order valence-electron chi connectivity index (χ2n) is 6.91. The van der Waals surface area contributed by atoms with Crippen molar-refractivity contribution >= 4 is 17.3 Å². The Balaban J connectivity index is 1.97. The van der Waals surface area contributed by atoms with E-state index in [2.05, 4.69) is 10.4 Å². The molecule has 0 aliphatic heterocycles. The Morgan fingerprint density at radius 2 is 1.88 bits per heavy atom. The summed E-state index contributed by atoms with van der Waals surface area (Å²) >= 11 is 0. The molecule has 172 valence electrons. The zero-order chi connectivity index (χ0) is 24.5. The number of nitrogens with one attached hydrogen (secondary N) is 1. The summed E-state index contributed by atoms with van der Waals surface area (Å²) in [4.78, 5) is 35.0. The van der Waals surface area contributed by atoms with E-state index >= 15 is 0 Å². The zero-order valence-electron chi connectivity index (χ0n) is 16.8. The molecular formula is C20H15F4N5O4. The monoisotopic (exact) mass is 465 g/mol. The number of halogens is 4. The Labute approximate surface area is 182 Å². The number of para-hydroxylation sites is 1. The number of nitrogens with zero attached hydrogens (tertiary/aromatic N) is 3. The number of rotatable bonds is 5. The Hall–Kier alpha value is -4.29. The normalized spacial score (nSPS) is 12.3. The lowest BCUT2D eigenvalue weighted by Gasteiger charge is -2.17. The van der Waals surface area contributed by atoms with Gasteiger partial charge in [0, 0.05) is 18.2 Å². The molecule has 0 unspecified atom stereocenters.